The summed E-state index contributed by atoms with van der Waals surface area (Å²) in [6.45, 7) is 0.656. The van der Waals surface area contributed by atoms with Gasteiger partial charge in [0.1, 0.15) is 0 Å². The van der Waals surface area contributed by atoms with E-state index in [-0.39, 0.29) is 17.4 Å². The summed E-state index contributed by atoms with van der Waals surface area (Å²) in [6.07, 6.45) is 5.17. The van der Waals surface area contributed by atoms with Crippen LogP contribution in [0.2, 0.25) is 0 Å². The first-order chi connectivity index (χ1) is 14.7. The fourth-order valence-electron chi connectivity index (χ4n) is 4.25. The van der Waals surface area contributed by atoms with Gasteiger partial charge in [0.05, 0.1) is 27.4 Å². The average molecular weight is 419 g/mol. The quantitative estimate of drug-likeness (QED) is 0.531. The molecule has 5 rings (SSSR count). The van der Waals surface area contributed by atoms with Crippen LogP contribution in [0.3, 0.4) is 0 Å². The summed E-state index contributed by atoms with van der Waals surface area (Å²) in [4.78, 5) is 34.3. The molecule has 1 aliphatic rings. The maximum absolute atomic E-state index is 12.7. The Morgan fingerprint density at radius 2 is 1.77 bits per heavy atom. The van der Waals surface area contributed by atoms with Crippen molar-refractivity contribution in [3.05, 3.63) is 65.2 Å². The first kappa shape index (κ1) is 18.9. The highest BCUT2D eigenvalue weighted by atomic mass is 32.1. The van der Waals surface area contributed by atoms with Gasteiger partial charge in [-0.05, 0) is 55.9 Å². The summed E-state index contributed by atoms with van der Waals surface area (Å²) in [5.41, 5.74) is 1.65. The zero-order chi connectivity index (χ0) is 20.5. The number of aromatic nitrogens is 3. The van der Waals surface area contributed by atoms with Crippen molar-refractivity contribution in [3.8, 4) is 0 Å². The summed E-state index contributed by atoms with van der Waals surface area (Å²) in [7, 11) is 0. The van der Waals surface area contributed by atoms with Crippen molar-refractivity contribution < 1.29 is 4.79 Å². The SMILES string of the molecule is O=C(Nc1nc2ccccc2s1)C1CCC(Cn2cnc3ccccc3c2=O)CC1. The minimum absolute atomic E-state index is 0.000266. The molecule has 2 aromatic carbocycles. The second-order valence-electron chi connectivity index (χ2n) is 7.91. The molecule has 0 aliphatic heterocycles. The molecule has 2 heterocycles. The number of benzene rings is 2. The van der Waals surface area contributed by atoms with Gasteiger partial charge in [-0.15, -0.1) is 0 Å². The Morgan fingerprint density at radius 3 is 2.57 bits per heavy atom. The summed E-state index contributed by atoms with van der Waals surface area (Å²) in [5.74, 6) is 0.439. The predicted molar refractivity (Wildman–Crippen MR) is 120 cm³/mol. The highest BCUT2D eigenvalue weighted by Crippen LogP contribution is 2.32. The molecule has 1 fully saturated rings. The number of nitrogens with zero attached hydrogens (tertiary/aromatic N) is 3. The van der Waals surface area contributed by atoms with Crippen molar-refractivity contribution in [2.75, 3.05) is 5.32 Å². The standard InChI is InChI=1S/C23H22N4O2S/c28-21(26-23-25-19-7-3-4-8-20(19)30-23)16-11-9-15(10-12-16)13-27-14-24-18-6-2-1-5-17(18)22(27)29/h1-8,14-16H,9-13H2,(H,25,26,28). The van der Waals surface area contributed by atoms with E-state index < -0.39 is 0 Å². The zero-order valence-electron chi connectivity index (χ0n) is 16.5. The van der Waals surface area contributed by atoms with E-state index in [1.54, 1.807) is 10.9 Å². The van der Waals surface area contributed by atoms with Crippen LogP contribution in [0.4, 0.5) is 5.13 Å². The Kier molecular flexibility index (Phi) is 5.04. The molecule has 4 aromatic rings. The molecule has 7 heteroatoms. The molecule has 30 heavy (non-hydrogen) atoms. The van der Waals surface area contributed by atoms with E-state index in [0.29, 0.717) is 23.0 Å². The van der Waals surface area contributed by atoms with Crippen LogP contribution in [0.5, 0.6) is 0 Å². The molecule has 0 saturated heterocycles. The lowest BCUT2D eigenvalue weighted by molar-refractivity contribution is -0.121. The van der Waals surface area contributed by atoms with Gasteiger partial charge < -0.3 is 5.32 Å². The van der Waals surface area contributed by atoms with Gasteiger partial charge in [-0.1, -0.05) is 35.6 Å². The number of nitrogens with one attached hydrogen (secondary N) is 1. The Morgan fingerprint density at radius 1 is 1.03 bits per heavy atom. The van der Waals surface area contributed by atoms with Crippen molar-refractivity contribution in [1.82, 2.24) is 14.5 Å². The van der Waals surface area contributed by atoms with Crippen LogP contribution in [0, 0.1) is 11.8 Å². The monoisotopic (exact) mass is 418 g/mol. The molecule has 0 unspecified atom stereocenters. The molecule has 0 radical (unpaired) electrons. The van der Waals surface area contributed by atoms with E-state index in [1.807, 2.05) is 48.5 Å². The van der Waals surface area contributed by atoms with E-state index in [9.17, 15) is 9.59 Å². The molecular weight excluding hydrogens is 396 g/mol. The van der Waals surface area contributed by atoms with Crippen LogP contribution in [0.1, 0.15) is 25.7 Å². The number of para-hydroxylation sites is 2. The second-order valence-corrected chi connectivity index (χ2v) is 8.94. The predicted octanol–water partition coefficient (Wildman–Crippen LogP) is 4.45. The van der Waals surface area contributed by atoms with E-state index in [1.165, 1.54) is 11.3 Å². The fraction of sp³-hybridized carbons (Fsp3) is 0.304. The highest BCUT2D eigenvalue weighted by molar-refractivity contribution is 7.22. The molecule has 0 atom stereocenters. The van der Waals surface area contributed by atoms with Crippen molar-refractivity contribution in [2.24, 2.45) is 11.8 Å². The van der Waals surface area contributed by atoms with Crippen LogP contribution < -0.4 is 10.9 Å². The average Bonchev–Trinajstić information content (AvgIpc) is 3.18. The molecule has 1 saturated carbocycles. The third-order valence-corrected chi connectivity index (χ3v) is 6.88. The molecule has 1 aliphatic carbocycles. The molecule has 1 N–H and O–H groups in total. The zero-order valence-corrected chi connectivity index (χ0v) is 17.3. The van der Waals surface area contributed by atoms with Gasteiger partial charge >= 0.3 is 0 Å². The van der Waals surface area contributed by atoms with Crippen LogP contribution in [-0.2, 0) is 11.3 Å². The molecule has 6 nitrogen and oxygen atoms in total. The number of amides is 1. The lowest BCUT2D eigenvalue weighted by atomic mass is 9.81. The molecule has 0 bridgehead atoms. The summed E-state index contributed by atoms with van der Waals surface area (Å²) >= 11 is 1.51. The Bertz CT molecular complexity index is 1240. The Balaban J connectivity index is 1.20. The second kappa shape index (κ2) is 7.99. The summed E-state index contributed by atoms with van der Waals surface area (Å²) < 4.78 is 2.79. The van der Waals surface area contributed by atoms with Crippen LogP contribution >= 0.6 is 11.3 Å². The third kappa shape index (κ3) is 3.73. The Labute approximate surface area is 177 Å². The minimum Gasteiger partial charge on any atom is -0.302 e. The third-order valence-electron chi connectivity index (χ3n) is 5.93. The largest absolute Gasteiger partial charge is 0.302 e. The van der Waals surface area contributed by atoms with E-state index >= 15 is 0 Å². The number of hydrogen-bond donors (Lipinski definition) is 1. The number of anilines is 1. The number of carbonyl (C=O) groups excluding carboxylic acids is 1. The number of rotatable bonds is 4. The lowest BCUT2D eigenvalue weighted by Gasteiger charge is -2.27. The van der Waals surface area contributed by atoms with Crippen LogP contribution in [0.25, 0.3) is 21.1 Å². The van der Waals surface area contributed by atoms with E-state index in [0.717, 1.165) is 41.4 Å². The first-order valence-corrected chi connectivity index (χ1v) is 11.1. The molecule has 1 amide bonds. The summed E-state index contributed by atoms with van der Waals surface area (Å²) in [6, 6.07) is 15.3. The van der Waals surface area contributed by atoms with E-state index in [4.69, 9.17) is 0 Å². The number of carbonyl (C=O) groups is 1. The van der Waals surface area contributed by atoms with Crippen LogP contribution in [0.15, 0.2) is 59.7 Å². The van der Waals surface area contributed by atoms with Crippen LogP contribution in [-0.4, -0.2) is 20.4 Å². The van der Waals surface area contributed by atoms with Crippen molar-refractivity contribution in [3.63, 3.8) is 0 Å². The number of fused-ring (bicyclic) bond motifs is 2. The normalized spacial score (nSPS) is 19.2. The van der Waals surface area contributed by atoms with Crippen molar-refractivity contribution in [2.45, 2.75) is 32.2 Å². The van der Waals surface area contributed by atoms with Gasteiger partial charge in [-0.25, -0.2) is 9.97 Å². The van der Waals surface area contributed by atoms with Gasteiger partial charge in [0, 0.05) is 12.5 Å². The van der Waals surface area contributed by atoms with Gasteiger partial charge in [0.25, 0.3) is 5.56 Å². The van der Waals surface area contributed by atoms with E-state index in [2.05, 4.69) is 15.3 Å². The van der Waals surface area contributed by atoms with Gasteiger partial charge in [-0.2, -0.15) is 0 Å². The number of thiazole rings is 1. The molecular formula is C23H22N4O2S. The smallest absolute Gasteiger partial charge is 0.261 e. The molecule has 2 aromatic heterocycles. The topological polar surface area (TPSA) is 76.9 Å². The van der Waals surface area contributed by atoms with Gasteiger partial charge in [0.15, 0.2) is 5.13 Å². The lowest BCUT2D eigenvalue weighted by Crippen LogP contribution is -2.30. The number of hydrogen-bond acceptors (Lipinski definition) is 5. The maximum atomic E-state index is 12.7. The Hall–Kier alpha value is -3.06. The first-order valence-electron chi connectivity index (χ1n) is 10.3. The van der Waals surface area contributed by atoms with Crippen molar-refractivity contribution in [1.29, 1.82) is 0 Å². The van der Waals surface area contributed by atoms with Gasteiger partial charge in [-0.3, -0.25) is 14.2 Å². The van der Waals surface area contributed by atoms with Crippen molar-refractivity contribution >= 4 is 43.5 Å². The fourth-order valence-corrected chi connectivity index (χ4v) is 5.12. The maximum Gasteiger partial charge on any atom is 0.261 e. The highest BCUT2D eigenvalue weighted by Gasteiger charge is 2.27. The minimum atomic E-state index is -0.000266. The molecule has 152 valence electrons. The van der Waals surface area contributed by atoms with Gasteiger partial charge in [0.2, 0.25) is 5.91 Å². The molecule has 0 spiro atoms. The summed E-state index contributed by atoms with van der Waals surface area (Å²) in [5, 5.41) is 4.32.